The summed E-state index contributed by atoms with van der Waals surface area (Å²) in [4.78, 5) is 43.0. The first-order valence-electron chi connectivity index (χ1n) is 11.0. The maximum atomic E-state index is 14.0. The van der Waals surface area contributed by atoms with Crippen LogP contribution in [-0.2, 0) is 14.4 Å². The molecule has 0 radical (unpaired) electrons. The lowest BCUT2D eigenvalue weighted by Gasteiger charge is -2.30. The van der Waals surface area contributed by atoms with Gasteiger partial charge in [-0.15, -0.1) is 0 Å². The zero-order valence-corrected chi connectivity index (χ0v) is 17.5. The van der Waals surface area contributed by atoms with Crippen LogP contribution >= 0.6 is 0 Å². The van der Waals surface area contributed by atoms with Crippen molar-refractivity contribution in [3.63, 3.8) is 0 Å². The number of carbonyl (C=O) groups excluding carboxylic acids is 3. The van der Waals surface area contributed by atoms with Crippen LogP contribution in [0.2, 0.25) is 0 Å². The number of hydrogen-bond acceptors (Lipinski definition) is 5. The zero-order chi connectivity index (χ0) is 22.0. The largest absolute Gasteiger partial charge is 0.330 e. The SMILES string of the molecule is O=CN(O)CC(CC1CCCC1)C(=O)N1CC2(CC2)C[C@H]1C(=O)Nc1ncccc1F. The highest BCUT2D eigenvalue weighted by Gasteiger charge is 2.56. The molecule has 8 nitrogen and oxygen atoms in total. The summed E-state index contributed by atoms with van der Waals surface area (Å²) in [5.74, 6) is -1.66. The molecular weight excluding hydrogens is 403 g/mol. The third-order valence-electron chi connectivity index (χ3n) is 7.02. The van der Waals surface area contributed by atoms with Gasteiger partial charge in [-0.1, -0.05) is 25.7 Å². The third-order valence-corrected chi connectivity index (χ3v) is 7.02. The molecule has 31 heavy (non-hydrogen) atoms. The van der Waals surface area contributed by atoms with Gasteiger partial charge in [-0.05, 0) is 49.1 Å². The van der Waals surface area contributed by atoms with Crippen molar-refractivity contribution in [3.05, 3.63) is 24.1 Å². The second-order valence-electron chi connectivity index (χ2n) is 9.32. The van der Waals surface area contributed by atoms with Crippen LogP contribution in [0.25, 0.3) is 0 Å². The Morgan fingerprint density at radius 2 is 2.13 bits per heavy atom. The van der Waals surface area contributed by atoms with Crippen molar-refractivity contribution >= 4 is 24.0 Å². The Hall–Kier alpha value is -2.55. The summed E-state index contributed by atoms with van der Waals surface area (Å²) in [7, 11) is 0. The number of anilines is 1. The van der Waals surface area contributed by atoms with Crippen LogP contribution in [0.3, 0.4) is 0 Å². The third kappa shape index (κ3) is 4.87. The molecule has 1 aromatic rings. The number of pyridine rings is 1. The van der Waals surface area contributed by atoms with E-state index in [1.54, 1.807) is 4.90 Å². The Bertz CT molecular complexity index is 841. The van der Waals surface area contributed by atoms with Crippen molar-refractivity contribution < 1.29 is 24.0 Å². The van der Waals surface area contributed by atoms with E-state index in [-0.39, 0.29) is 23.7 Å². The van der Waals surface area contributed by atoms with Gasteiger partial charge in [0.15, 0.2) is 11.6 Å². The number of nitrogens with zero attached hydrogens (tertiary/aromatic N) is 3. The average molecular weight is 432 g/mol. The van der Waals surface area contributed by atoms with E-state index in [0.29, 0.717) is 36.8 Å². The van der Waals surface area contributed by atoms with Gasteiger partial charge in [0, 0.05) is 12.7 Å². The Labute approximate surface area is 180 Å². The van der Waals surface area contributed by atoms with Gasteiger partial charge in [-0.25, -0.2) is 14.4 Å². The van der Waals surface area contributed by atoms with E-state index in [2.05, 4.69) is 10.3 Å². The van der Waals surface area contributed by atoms with E-state index in [1.807, 2.05) is 0 Å². The average Bonchev–Trinajstić information content (AvgIpc) is 3.13. The normalized spacial score (nSPS) is 23.0. The van der Waals surface area contributed by atoms with E-state index in [4.69, 9.17) is 0 Å². The van der Waals surface area contributed by atoms with Crippen LogP contribution in [0.4, 0.5) is 10.2 Å². The van der Waals surface area contributed by atoms with Crippen LogP contribution in [0.5, 0.6) is 0 Å². The number of likely N-dealkylation sites (tertiary alicyclic amines) is 1. The number of halogens is 1. The second kappa shape index (κ2) is 8.90. The maximum Gasteiger partial charge on any atom is 0.248 e. The minimum Gasteiger partial charge on any atom is -0.330 e. The lowest BCUT2D eigenvalue weighted by atomic mass is 9.91. The number of nitrogens with one attached hydrogen (secondary N) is 1. The summed E-state index contributed by atoms with van der Waals surface area (Å²) < 4.78 is 14.0. The summed E-state index contributed by atoms with van der Waals surface area (Å²) in [6.45, 7) is 0.383. The van der Waals surface area contributed by atoms with Crippen molar-refractivity contribution in [2.24, 2.45) is 17.3 Å². The molecule has 0 bridgehead atoms. The fourth-order valence-corrected chi connectivity index (χ4v) is 5.14. The highest BCUT2D eigenvalue weighted by molar-refractivity contribution is 5.97. The van der Waals surface area contributed by atoms with Crippen LogP contribution < -0.4 is 5.32 Å². The Kier molecular flexibility index (Phi) is 6.22. The van der Waals surface area contributed by atoms with Gasteiger partial charge >= 0.3 is 0 Å². The molecule has 2 saturated carbocycles. The molecular formula is C22H29FN4O4. The highest BCUT2D eigenvalue weighted by atomic mass is 19.1. The van der Waals surface area contributed by atoms with Gasteiger partial charge in [0.25, 0.3) is 0 Å². The monoisotopic (exact) mass is 432 g/mol. The lowest BCUT2D eigenvalue weighted by Crippen LogP contribution is -2.48. The Morgan fingerprint density at radius 3 is 2.77 bits per heavy atom. The first kappa shape index (κ1) is 21.7. The molecule has 168 valence electrons. The lowest BCUT2D eigenvalue weighted by molar-refractivity contribution is -0.158. The van der Waals surface area contributed by atoms with E-state index >= 15 is 0 Å². The number of hydrogen-bond donors (Lipinski definition) is 2. The zero-order valence-electron chi connectivity index (χ0n) is 17.5. The molecule has 3 amide bonds. The summed E-state index contributed by atoms with van der Waals surface area (Å²) in [5, 5.41) is 12.8. The summed E-state index contributed by atoms with van der Waals surface area (Å²) in [5.41, 5.74) is -0.0538. The van der Waals surface area contributed by atoms with Crippen molar-refractivity contribution in [1.29, 1.82) is 0 Å². The van der Waals surface area contributed by atoms with Crippen LogP contribution in [-0.4, -0.2) is 57.5 Å². The molecule has 2 aliphatic carbocycles. The second-order valence-corrected chi connectivity index (χ2v) is 9.32. The number of amides is 3. The Balaban J connectivity index is 1.51. The molecule has 2 heterocycles. The number of rotatable bonds is 8. The van der Waals surface area contributed by atoms with Gasteiger partial charge in [0.1, 0.15) is 6.04 Å². The Morgan fingerprint density at radius 1 is 1.39 bits per heavy atom. The molecule has 1 aromatic heterocycles. The summed E-state index contributed by atoms with van der Waals surface area (Å²) in [6.07, 6.45) is 9.01. The van der Waals surface area contributed by atoms with Gasteiger partial charge in [0.05, 0.1) is 12.5 Å². The van der Waals surface area contributed by atoms with Gasteiger partial charge < -0.3 is 10.2 Å². The van der Waals surface area contributed by atoms with Crippen LogP contribution in [0.1, 0.15) is 51.4 Å². The summed E-state index contributed by atoms with van der Waals surface area (Å²) in [6, 6.07) is 1.94. The number of hydroxylamine groups is 2. The first-order chi connectivity index (χ1) is 14.9. The first-order valence-corrected chi connectivity index (χ1v) is 11.0. The predicted octanol–water partition coefficient (Wildman–Crippen LogP) is 2.58. The molecule has 2 atom stereocenters. The van der Waals surface area contributed by atoms with Crippen molar-refractivity contribution in [2.45, 2.75) is 57.4 Å². The molecule has 0 aromatic carbocycles. The minimum atomic E-state index is -0.717. The quantitative estimate of drug-likeness (QED) is 0.373. The number of carbonyl (C=O) groups is 3. The molecule has 3 aliphatic rings. The fraction of sp³-hybridized carbons (Fsp3) is 0.636. The van der Waals surface area contributed by atoms with E-state index < -0.39 is 23.7 Å². The molecule has 3 fully saturated rings. The standard InChI is InChI=1S/C22H29FN4O4/c23-17-6-3-9-24-19(17)25-20(29)18-11-22(7-8-22)13-27(18)21(30)16(12-26(31)14-28)10-15-4-1-2-5-15/h3,6,9,14-16,18,31H,1-2,4-5,7-8,10-13H2,(H,24,25,29)/t16?,18-/m0/s1. The minimum absolute atomic E-state index is 0.0538. The van der Waals surface area contributed by atoms with E-state index in [0.717, 1.165) is 38.5 Å². The molecule has 1 spiro atoms. The van der Waals surface area contributed by atoms with E-state index in [9.17, 15) is 24.0 Å². The predicted molar refractivity (Wildman–Crippen MR) is 109 cm³/mol. The molecule has 1 saturated heterocycles. The highest BCUT2D eigenvalue weighted by Crippen LogP contribution is 2.55. The molecule has 1 unspecified atom stereocenters. The van der Waals surface area contributed by atoms with Crippen molar-refractivity contribution in [3.8, 4) is 0 Å². The molecule has 2 N–H and O–H groups in total. The fourth-order valence-electron chi connectivity index (χ4n) is 5.14. The summed E-state index contributed by atoms with van der Waals surface area (Å²) >= 11 is 0. The van der Waals surface area contributed by atoms with Crippen molar-refractivity contribution in [1.82, 2.24) is 14.9 Å². The maximum absolute atomic E-state index is 14.0. The van der Waals surface area contributed by atoms with Crippen LogP contribution in [0.15, 0.2) is 18.3 Å². The molecule has 4 rings (SSSR count). The van der Waals surface area contributed by atoms with Gasteiger partial charge in [-0.3, -0.25) is 19.6 Å². The topological polar surface area (TPSA) is 103 Å². The van der Waals surface area contributed by atoms with Gasteiger partial charge in [-0.2, -0.15) is 0 Å². The molecule has 1 aliphatic heterocycles. The smallest absolute Gasteiger partial charge is 0.248 e. The number of aromatic nitrogens is 1. The van der Waals surface area contributed by atoms with Gasteiger partial charge in [0.2, 0.25) is 18.2 Å². The van der Waals surface area contributed by atoms with E-state index in [1.165, 1.54) is 18.3 Å². The van der Waals surface area contributed by atoms with Crippen LogP contribution in [0, 0.1) is 23.1 Å². The molecule has 9 heteroatoms. The van der Waals surface area contributed by atoms with Crippen molar-refractivity contribution in [2.75, 3.05) is 18.4 Å².